The van der Waals surface area contributed by atoms with Gasteiger partial charge >= 0.3 is 5.69 Å². The van der Waals surface area contributed by atoms with E-state index in [-0.39, 0.29) is 17.1 Å². The Balaban J connectivity index is 2.54. The number of anilines is 1. The van der Waals surface area contributed by atoms with Gasteiger partial charge in [0.1, 0.15) is 0 Å². The first kappa shape index (κ1) is 15.3. The molecule has 0 aliphatic heterocycles. The fourth-order valence-electron chi connectivity index (χ4n) is 1.77. The number of nitrogens with zero attached hydrogens (tertiary/aromatic N) is 4. The van der Waals surface area contributed by atoms with E-state index in [1.807, 2.05) is 19.9 Å². The van der Waals surface area contributed by atoms with E-state index < -0.39 is 4.92 Å². The van der Waals surface area contributed by atoms with Crippen LogP contribution in [0.4, 0.5) is 17.1 Å². The average molecular weight is 321 g/mol. The average Bonchev–Trinajstić information content (AvgIpc) is 2.38. The minimum atomic E-state index is -0.549. The molecule has 1 aromatic carbocycles. The normalized spacial score (nSPS) is 10.4. The number of benzene rings is 1. The van der Waals surface area contributed by atoms with Gasteiger partial charge in [0, 0.05) is 23.8 Å². The Hall–Kier alpha value is -2.13. The summed E-state index contributed by atoms with van der Waals surface area (Å²) >= 11 is 5.66. The van der Waals surface area contributed by atoms with Gasteiger partial charge in [0.2, 0.25) is 0 Å². The van der Waals surface area contributed by atoms with Crippen molar-refractivity contribution < 1.29 is 4.92 Å². The minimum absolute atomic E-state index is 0.00984. The van der Waals surface area contributed by atoms with Gasteiger partial charge in [0.15, 0.2) is 10.8 Å². The first-order valence-electron chi connectivity index (χ1n) is 5.82. The fraction of sp³-hybridized carbons (Fsp3) is 0.167. The molecule has 1 heterocycles. The maximum absolute atomic E-state index is 11.3. The van der Waals surface area contributed by atoms with E-state index in [9.17, 15) is 10.1 Å². The largest absolute Gasteiger partial charge is 0.397 e. The molecule has 0 atom stereocenters. The molecule has 7 nitrogen and oxygen atoms in total. The van der Waals surface area contributed by atoms with Crippen molar-refractivity contribution in [2.75, 3.05) is 5.73 Å². The summed E-state index contributed by atoms with van der Waals surface area (Å²) in [5.74, 6) is 0. The van der Waals surface area contributed by atoms with Gasteiger partial charge in [0.05, 0.1) is 15.5 Å². The highest BCUT2D eigenvalue weighted by atomic mass is 32.2. The van der Waals surface area contributed by atoms with Crippen molar-refractivity contribution in [2.45, 2.75) is 23.9 Å². The van der Waals surface area contributed by atoms with E-state index >= 15 is 0 Å². The van der Waals surface area contributed by atoms with Crippen LogP contribution >= 0.6 is 11.8 Å². The van der Waals surface area contributed by atoms with Crippen molar-refractivity contribution in [1.82, 2.24) is 9.97 Å². The van der Waals surface area contributed by atoms with Crippen LogP contribution in [0, 0.1) is 24.0 Å². The van der Waals surface area contributed by atoms with Crippen molar-refractivity contribution in [2.24, 2.45) is 4.36 Å². The third kappa shape index (κ3) is 3.31. The summed E-state index contributed by atoms with van der Waals surface area (Å²) in [4.78, 5) is 19.6. The molecule has 2 aromatic rings. The van der Waals surface area contributed by atoms with Gasteiger partial charge in [0.25, 0.3) is 0 Å². The van der Waals surface area contributed by atoms with Crippen LogP contribution in [0.15, 0.2) is 32.6 Å². The number of nitrogen functional groups attached to an aromatic ring is 1. The molecular formula is C12H11N5O2S2. The Morgan fingerprint density at radius 3 is 2.48 bits per heavy atom. The summed E-state index contributed by atoms with van der Waals surface area (Å²) in [5.41, 5.74) is 7.19. The Morgan fingerprint density at radius 2 is 1.95 bits per heavy atom. The second kappa shape index (κ2) is 6.10. The summed E-state index contributed by atoms with van der Waals surface area (Å²) in [6.45, 7) is 3.67. The van der Waals surface area contributed by atoms with Crippen molar-refractivity contribution >= 4 is 41.2 Å². The van der Waals surface area contributed by atoms with Crippen LogP contribution < -0.4 is 5.73 Å². The maximum atomic E-state index is 11.3. The number of aryl methyl sites for hydroxylation is 2. The monoisotopic (exact) mass is 321 g/mol. The molecular weight excluding hydrogens is 310 g/mol. The summed E-state index contributed by atoms with van der Waals surface area (Å²) in [6, 6.07) is 4.90. The van der Waals surface area contributed by atoms with Crippen molar-refractivity contribution in [3.63, 3.8) is 0 Å². The van der Waals surface area contributed by atoms with Crippen LogP contribution in [-0.2, 0) is 12.4 Å². The number of nitrogens with two attached hydrogens (primary N) is 1. The zero-order chi connectivity index (χ0) is 15.6. The molecule has 2 rings (SSSR count). The summed E-state index contributed by atoms with van der Waals surface area (Å²) in [7, 11) is 0. The topological polar surface area (TPSA) is 107 Å². The standard InChI is InChI=1S/C12H11N5O2S2/c1-6-5-7(2)15-12(14-6)21-9-4-3-8(13)10(16-20)11(9)17(18)19/h3-5H,13H2,1-2H3. The zero-order valence-corrected chi connectivity index (χ0v) is 12.9. The Morgan fingerprint density at radius 1 is 1.33 bits per heavy atom. The highest BCUT2D eigenvalue weighted by molar-refractivity contribution is 7.99. The van der Waals surface area contributed by atoms with Crippen LogP contribution in [0.2, 0.25) is 0 Å². The molecule has 2 N–H and O–H groups in total. The molecule has 0 saturated carbocycles. The third-order valence-corrected chi connectivity index (χ3v) is 3.68. The smallest absolute Gasteiger partial charge is 0.311 e. The van der Waals surface area contributed by atoms with Gasteiger partial charge in [-0.1, -0.05) is 0 Å². The Bertz CT molecular complexity index is 716. The predicted octanol–water partition coefficient (Wildman–Crippen LogP) is 3.10. The van der Waals surface area contributed by atoms with E-state index in [1.54, 1.807) is 6.07 Å². The van der Waals surface area contributed by atoms with E-state index in [4.69, 9.17) is 5.73 Å². The Labute approximate surface area is 130 Å². The van der Waals surface area contributed by atoms with Crippen molar-refractivity contribution in [1.29, 1.82) is 0 Å². The van der Waals surface area contributed by atoms with Gasteiger partial charge in [-0.3, -0.25) is 10.1 Å². The molecule has 108 valence electrons. The molecule has 21 heavy (non-hydrogen) atoms. The fourth-order valence-corrected chi connectivity index (χ4v) is 2.94. The second-order valence-corrected chi connectivity index (χ2v) is 5.43. The number of aromatic nitrogens is 2. The van der Waals surface area contributed by atoms with Crippen LogP contribution in [0.1, 0.15) is 11.4 Å². The Kier molecular flexibility index (Phi) is 4.43. The number of rotatable bonds is 4. The highest BCUT2D eigenvalue weighted by Crippen LogP contribution is 2.42. The molecule has 0 aliphatic rings. The van der Waals surface area contributed by atoms with E-state index in [0.717, 1.165) is 23.1 Å². The minimum Gasteiger partial charge on any atom is -0.397 e. The maximum Gasteiger partial charge on any atom is 0.311 e. The third-order valence-electron chi connectivity index (χ3n) is 2.58. The molecule has 0 saturated heterocycles. The van der Waals surface area contributed by atoms with Gasteiger partial charge in [-0.2, -0.15) is 4.36 Å². The lowest BCUT2D eigenvalue weighted by molar-refractivity contribution is -0.386. The summed E-state index contributed by atoms with van der Waals surface area (Å²) in [6.07, 6.45) is 0. The van der Waals surface area contributed by atoms with E-state index in [0.29, 0.717) is 10.1 Å². The first-order valence-corrected chi connectivity index (χ1v) is 7.01. The lowest BCUT2D eigenvalue weighted by Gasteiger charge is -2.06. The SMILES string of the molecule is Cc1cc(C)nc(Sc2ccc(N)c(N=S)c2[N+](=O)[O-])n1. The molecule has 0 spiro atoms. The number of hydrogen-bond donors (Lipinski definition) is 1. The number of nitro benzene ring substituents is 1. The molecule has 1 aromatic heterocycles. The predicted molar refractivity (Wildman–Crippen MR) is 82.6 cm³/mol. The van der Waals surface area contributed by atoms with E-state index in [2.05, 4.69) is 26.8 Å². The van der Waals surface area contributed by atoms with Crippen LogP contribution in [0.25, 0.3) is 0 Å². The molecule has 0 unspecified atom stereocenters. The molecule has 0 bridgehead atoms. The molecule has 0 amide bonds. The van der Waals surface area contributed by atoms with Gasteiger partial charge in [-0.25, -0.2) is 9.97 Å². The lowest BCUT2D eigenvalue weighted by atomic mass is 10.2. The summed E-state index contributed by atoms with van der Waals surface area (Å²) < 4.78 is 3.49. The van der Waals surface area contributed by atoms with Crippen molar-refractivity contribution in [3.8, 4) is 0 Å². The molecule has 0 radical (unpaired) electrons. The molecule has 0 fully saturated rings. The van der Waals surface area contributed by atoms with Crippen molar-refractivity contribution in [3.05, 3.63) is 39.7 Å². The lowest BCUT2D eigenvalue weighted by Crippen LogP contribution is -1.97. The van der Waals surface area contributed by atoms with Crippen LogP contribution in [0.5, 0.6) is 0 Å². The highest BCUT2D eigenvalue weighted by Gasteiger charge is 2.23. The molecule has 9 heteroatoms. The number of nitro groups is 1. The van der Waals surface area contributed by atoms with E-state index in [1.165, 1.54) is 6.07 Å². The van der Waals surface area contributed by atoms with Gasteiger partial charge < -0.3 is 5.73 Å². The quantitative estimate of drug-likeness (QED) is 0.399. The zero-order valence-electron chi connectivity index (χ0n) is 11.2. The molecule has 0 aliphatic carbocycles. The van der Waals surface area contributed by atoms with Gasteiger partial charge in [-0.15, -0.1) is 0 Å². The summed E-state index contributed by atoms with van der Waals surface area (Å²) in [5, 5.41) is 11.7. The van der Waals surface area contributed by atoms with Crippen LogP contribution in [-0.4, -0.2) is 14.9 Å². The second-order valence-electron chi connectivity index (χ2n) is 4.23. The van der Waals surface area contributed by atoms with Gasteiger partial charge in [-0.05, 0) is 43.8 Å². The number of hydrogen-bond acceptors (Lipinski definition) is 8. The first-order chi connectivity index (χ1) is 9.92. The van der Waals surface area contributed by atoms with Crippen LogP contribution in [0.3, 0.4) is 0 Å².